The van der Waals surface area contributed by atoms with Gasteiger partial charge in [-0.3, -0.25) is 19.5 Å². The van der Waals surface area contributed by atoms with Gasteiger partial charge in [0.25, 0.3) is 0 Å². The number of nitrogens with zero attached hydrogens (tertiary/aromatic N) is 9. The molecule has 0 spiro atoms. The van der Waals surface area contributed by atoms with Gasteiger partial charge in [-0.05, 0) is 57.2 Å². The van der Waals surface area contributed by atoms with Crippen molar-refractivity contribution >= 4 is 29.3 Å². The predicted octanol–water partition coefficient (Wildman–Crippen LogP) is 4.41. The second-order valence-electron chi connectivity index (χ2n) is 11.3. The molecule has 0 unspecified atom stereocenters. The van der Waals surface area contributed by atoms with Crippen LogP contribution in [0.1, 0.15) is 32.4 Å². The van der Waals surface area contributed by atoms with E-state index in [-0.39, 0.29) is 29.8 Å². The van der Waals surface area contributed by atoms with Crippen LogP contribution in [0.4, 0.5) is 10.2 Å². The predicted molar refractivity (Wildman–Crippen MR) is 158 cm³/mol. The Kier molecular flexibility index (Phi) is 7.14. The highest BCUT2D eigenvalue weighted by molar-refractivity contribution is 6.07. The second kappa shape index (κ2) is 10.9. The summed E-state index contributed by atoms with van der Waals surface area (Å²) in [5.41, 5.74) is 4.54. The summed E-state index contributed by atoms with van der Waals surface area (Å²) in [5, 5.41) is 14.7. The lowest BCUT2D eigenvalue weighted by Gasteiger charge is -2.47. The maximum Gasteiger partial charge on any atom is 0.226 e. The summed E-state index contributed by atoms with van der Waals surface area (Å²) in [6.45, 7) is 9.28. The van der Waals surface area contributed by atoms with E-state index in [2.05, 4.69) is 34.6 Å². The number of aromatic nitrogens is 5. The third-order valence-electron chi connectivity index (χ3n) is 8.52. The molecule has 4 heterocycles. The summed E-state index contributed by atoms with van der Waals surface area (Å²) < 4.78 is 16.1. The maximum atomic E-state index is 14.4. The lowest BCUT2D eigenvalue weighted by Crippen LogP contribution is -2.60. The Morgan fingerprint density at radius 1 is 1.14 bits per heavy atom. The topological polar surface area (TPSA) is 116 Å². The van der Waals surface area contributed by atoms with Crippen LogP contribution in [-0.2, 0) is 18.4 Å². The Hall–Kier alpha value is -4.72. The van der Waals surface area contributed by atoms with E-state index in [1.165, 1.54) is 12.3 Å². The number of aliphatic imine (C=N–C) groups is 1. The van der Waals surface area contributed by atoms with Crippen LogP contribution in [0.5, 0.6) is 0 Å². The molecule has 4 aromatic rings. The van der Waals surface area contributed by atoms with Gasteiger partial charge in [-0.2, -0.15) is 10.4 Å². The summed E-state index contributed by atoms with van der Waals surface area (Å²) in [6, 6.07) is 9.49. The van der Waals surface area contributed by atoms with Crippen molar-refractivity contribution in [3.05, 3.63) is 54.5 Å². The summed E-state index contributed by atoms with van der Waals surface area (Å²) in [5.74, 6) is 0.308. The van der Waals surface area contributed by atoms with Crippen molar-refractivity contribution in [2.45, 2.75) is 45.3 Å². The molecule has 1 saturated carbocycles. The Morgan fingerprint density at radius 3 is 2.67 bits per heavy atom. The van der Waals surface area contributed by atoms with Gasteiger partial charge in [-0.25, -0.2) is 14.4 Å². The van der Waals surface area contributed by atoms with Crippen LogP contribution in [0.25, 0.3) is 33.3 Å². The Balaban J connectivity index is 1.44. The van der Waals surface area contributed by atoms with Gasteiger partial charge >= 0.3 is 0 Å². The molecular weight excluding hydrogens is 533 g/mol. The first-order valence-electron chi connectivity index (χ1n) is 14.1. The summed E-state index contributed by atoms with van der Waals surface area (Å²) >= 11 is 0. The number of halogens is 1. The number of piperazine rings is 1. The van der Waals surface area contributed by atoms with Crippen molar-refractivity contribution in [2.75, 3.05) is 18.0 Å². The highest BCUT2D eigenvalue weighted by atomic mass is 19.1. The minimum Gasteiger partial charge on any atom is -0.349 e. The number of carbonyl (C=O) groups excluding carboxylic acids is 1. The lowest BCUT2D eigenvalue weighted by atomic mass is 9.75. The number of anilines is 1. The fourth-order valence-electron chi connectivity index (χ4n) is 6.17. The molecule has 11 heteroatoms. The zero-order valence-electron chi connectivity index (χ0n) is 23.9. The van der Waals surface area contributed by atoms with Crippen LogP contribution >= 0.6 is 0 Å². The minimum absolute atomic E-state index is 0.0199. The van der Waals surface area contributed by atoms with Crippen LogP contribution in [-0.4, -0.2) is 67.4 Å². The van der Waals surface area contributed by atoms with E-state index in [0.717, 1.165) is 27.9 Å². The average Bonchev–Trinajstić information content (AvgIpc) is 3.32. The van der Waals surface area contributed by atoms with Crippen LogP contribution in [0.15, 0.2) is 48.0 Å². The van der Waals surface area contributed by atoms with E-state index in [9.17, 15) is 9.18 Å². The van der Waals surface area contributed by atoms with E-state index in [0.29, 0.717) is 49.4 Å². The van der Waals surface area contributed by atoms with Gasteiger partial charge in [0.1, 0.15) is 18.0 Å². The van der Waals surface area contributed by atoms with Crippen molar-refractivity contribution in [1.29, 1.82) is 5.26 Å². The molecule has 1 aliphatic heterocycles. The van der Waals surface area contributed by atoms with Gasteiger partial charge < -0.3 is 9.80 Å². The smallest absolute Gasteiger partial charge is 0.226 e. The molecule has 0 N–H and O–H groups in total. The largest absolute Gasteiger partial charge is 0.349 e. The zero-order chi connectivity index (χ0) is 29.5. The first kappa shape index (κ1) is 27.4. The monoisotopic (exact) mass is 565 g/mol. The highest BCUT2D eigenvalue weighted by Gasteiger charge is 2.41. The Labute approximate surface area is 243 Å². The molecule has 1 saturated heterocycles. The quantitative estimate of drug-likeness (QED) is 0.318. The summed E-state index contributed by atoms with van der Waals surface area (Å²) in [6.07, 6.45) is 5.65. The van der Waals surface area contributed by atoms with Crippen LogP contribution < -0.4 is 4.90 Å². The van der Waals surface area contributed by atoms with E-state index in [4.69, 9.17) is 20.3 Å². The van der Waals surface area contributed by atoms with E-state index in [1.54, 1.807) is 17.2 Å². The van der Waals surface area contributed by atoms with Crippen molar-refractivity contribution < 1.29 is 9.18 Å². The van der Waals surface area contributed by atoms with E-state index in [1.807, 2.05) is 37.1 Å². The molecule has 3 aromatic heterocycles. The number of hydrogen-bond donors (Lipinski definition) is 0. The average molecular weight is 566 g/mol. The van der Waals surface area contributed by atoms with Crippen molar-refractivity contribution in [1.82, 2.24) is 29.6 Å². The zero-order valence-corrected chi connectivity index (χ0v) is 23.9. The molecule has 2 aliphatic rings. The number of nitriles is 1. The molecule has 2 fully saturated rings. The lowest BCUT2D eigenvalue weighted by molar-refractivity contribution is -0.142. The van der Waals surface area contributed by atoms with E-state index < -0.39 is 5.82 Å². The Morgan fingerprint density at radius 2 is 1.93 bits per heavy atom. The fourth-order valence-corrected chi connectivity index (χ4v) is 6.17. The number of aryl methyl sites for hydroxylation is 1. The van der Waals surface area contributed by atoms with Gasteiger partial charge in [0.2, 0.25) is 5.91 Å². The molecule has 42 heavy (non-hydrogen) atoms. The molecule has 1 amide bonds. The minimum atomic E-state index is -0.432. The molecule has 6 rings (SSSR count). The summed E-state index contributed by atoms with van der Waals surface area (Å²) in [4.78, 5) is 35.1. The first-order chi connectivity index (χ1) is 20.3. The first-order valence-corrected chi connectivity index (χ1v) is 14.1. The van der Waals surface area contributed by atoms with Gasteiger partial charge in [-0.15, -0.1) is 0 Å². The molecule has 1 aliphatic carbocycles. The molecular formula is C31H32FN9O. The van der Waals surface area contributed by atoms with Gasteiger partial charge in [-0.1, -0.05) is 6.07 Å². The Bertz CT molecular complexity index is 1720. The van der Waals surface area contributed by atoms with Gasteiger partial charge in [0, 0.05) is 61.4 Å². The fraction of sp³-hybridized carbons (Fsp3) is 0.387. The number of benzene rings is 1. The van der Waals surface area contributed by atoms with E-state index >= 15 is 0 Å². The number of hydrogen-bond acceptors (Lipinski definition) is 8. The number of rotatable bonds is 6. The normalized spacial score (nSPS) is 22.1. The molecule has 10 nitrogen and oxygen atoms in total. The number of amides is 1. The van der Waals surface area contributed by atoms with Crippen LogP contribution in [0.2, 0.25) is 0 Å². The van der Waals surface area contributed by atoms with Crippen molar-refractivity contribution in [3.8, 4) is 28.5 Å². The van der Waals surface area contributed by atoms with Gasteiger partial charge in [0.15, 0.2) is 0 Å². The van der Waals surface area contributed by atoms with Crippen LogP contribution in [0.3, 0.4) is 0 Å². The molecule has 0 bridgehead atoms. The molecule has 214 valence electrons. The molecule has 0 radical (unpaired) electrons. The third-order valence-corrected chi connectivity index (χ3v) is 8.52. The number of carbonyl (C=O) groups is 1. The highest BCUT2D eigenvalue weighted by Crippen LogP contribution is 2.41. The number of pyridine rings is 1. The van der Waals surface area contributed by atoms with Crippen LogP contribution in [0, 0.1) is 29.0 Å². The molecule has 1 aromatic carbocycles. The number of fused-ring (bicyclic) bond motifs is 1. The third kappa shape index (κ3) is 4.76. The molecule has 2 atom stereocenters. The van der Waals surface area contributed by atoms with Crippen molar-refractivity contribution in [2.24, 2.45) is 23.9 Å². The summed E-state index contributed by atoms with van der Waals surface area (Å²) in [7, 11) is 1.87. The SMILES string of the molecule is C=NCc1cc(-c2ccc(-c3cncc(F)c3)c3c(N4C[C@@H](C)N(C(=O)C5CC(C#N)C5)C[C@@H]4C)ncnc23)nn1C. The second-order valence-corrected chi connectivity index (χ2v) is 11.3. The van der Waals surface area contributed by atoms with Crippen molar-refractivity contribution in [3.63, 3.8) is 0 Å². The van der Waals surface area contributed by atoms with Gasteiger partial charge in [0.05, 0.1) is 41.1 Å². The maximum absolute atomic E-state index is 14.4. The standard InChI is InChI=1S/C31H32FN9O/c1-18-16-41(31(42)21-7-20(8-21)11-33)19(2)15-40(18)30-28-25(22-9-23(32)13-35-12-22)5-6-26(29(28)36-17-37-30)27-10-24(14-34-3)39(4)38-27/h5-6,9-10,12-13,17-21H,3,7-8,14-16H2,1-2,4H3/t18-,19+,20?,21?/m0/s1.